The van der Waals surface area contributed by atoms with Crippen LogP contribution in [0.1, 0.15) is 50.0 Å². The van der Waals surface area contributed by atoms with E-state index in [2.05, 4.69) is 40.0 Å². The molecule has 0 spiro atoms. The second kappa shape index (κ2) is 8.87. The quantitative estimate of drug-likeness (QED) is 0.712. The average molecular weight is 378 g/mol. The molecule has 0 saturated heterocycles. The minimum absolute atomic E-state index is 0.0442. The van der Waals surface area contributed by atoms with Gasteiger partial charge < -0.3 is 4.90 Å². The molecule has 1 heterocycles. The lowest BCUT2D eigenvalue weighted by atomic mass is 10.1. The van der Waals surface area contributed by atoms with E-state index in [1.54, 1.807) is 0 Å². The summed E-state index contributed by atoms with van der Waals surface area (Å²) in [5.41, 5.74) is 2.36. The van der Waals surface area contributed by atoms with Gasteiger partial charge in [0.15, 0.2) is 0 Å². The van der Waals surface area contributed by atoms with Gasteiger partial charge in [-0.15, -0.1) is 0 Å². The number of unbranched alkanes of at least 4 members (excludes halogenated alkanes) is 2. The fourth-order valence-electron chi connectivity index (χ4n) is 2.38. The molecule has 2 aromatic rings. The molecule has 1 amide bonds. The van der Waals surface area contributed by atoms with Crippen molar-refractivity contribution in [2.45, 2.75) is 39.5 Å². The topological polar surface area (TPSA) is 49.0 Å². The molecule has 1 aromatic carbocycles. The number of rotatable bonds is 8. The summed E-state index contributed by atoms with van der Waals surface area (Å²) in [6, 6.07) is 9.76. The summed E-state index contributed by atoms with van der Waals surface area (Å²) in [5.74, 6) is 0.0442. The molecule has 23 heavy (non-hydrogen) atoms. The van der Waals surface area contributed by atoms with Crippen LogP contribution < -0.4 is 0 Å². The fourth-order valence-corrected chi connectivity index (χ4v) is 2.65. The number of halogens is 1. The summed E-state index contributed by atoms with van der Waals surface area (Å²) in [5, 5.41) is 7.19. The van der Waals surface area contributed by atoms with Gasteiger partial charge in [0.1, 0.15) is 5.69 Å². The third-order valence-electron chi connectivity index (χ3n) is 3.80. The van der Waals surface area contributed by atoms with Crippen molar-refractivity contribution >= 4 is 21.8 Å². The SMILES string of the molecule is CCCCN(CCCC)C(=O)c1cc(-c2ccc(Br)cc2)n[nH]1. The van der Waals surface area contributed by atoms with Gasteiger partial charge in [-0.2, -0.15) is 5.10 Å². The van der Waals surface area contributed by atoms with Crippen molar-refractivity contribution in [3.8, 4) is 11.3 Å². The number of H-pyrrole nitrogens is 1. The van der Waals surface area contributed by atoms with Crippen molar-refractivity contribution in [2.75, 3.05) is 13.1 Å². The number of nitrogens with zero attached hydrogens (tertiary/aromatic N) is 2. The summed E-state index contributed by atoms with van der Waals surface area (Å²) in [6.45, 7) is 5.90. The first-order valence-corrected chi connectivity index (χ1v) is 9.05. The van der Waals surface area contributed by atoms with Gasteiger partial charge in [0.05, 0.1) is 5.69 Å². The number of hydrogen-bond donors (Lipinski definition) is 1. The lowest BCUT2D eigenvalue weighted by molar-refractivity contribution is 0.0745. The number of carbonyl (C=O) groups is 1. The van der Waals surface area contributed by atoms with Crippen molar-refractivity contribution < 1.29 is 4.79 Å². The molecule has 1 aromatic heterocycles. The molecule has 5 heteroatoms. The van der Waals surface area contributed by atoms with Gasteiger partial charge >= 0.3 is 0 Å². The summed E-state index contributed by atoms with van der Waals surface area (Å²) in [7, 11) is 0. The number of amides is 1. The minimum atomic E-state index is 0.0442. The molecule has 1 N–H and O–H groups in total. The van der Waals surface area contributed by atoms with E-state index in [0.717, 1.165) is 54.5 Å². The van der Waals surface area contributed by atoms with Crippen LogP contribution in [0, 0.1) is 0 Å². The smallest absolute Gasteiger partial charge is 0.271 e. The van der Waals surface area contributed by atoms with Crippen LogP contribution in [0.4, 0.5) is 0 Å². The van der Waals surface area contributed by atoms with E-state index in [1.807, 2.05) is 35.2 Å². The molecular weight excluding hydrogens is 354 g/mol. The highest BCUT2D eigenvalue weighted by molar-refractivity contribution is 9.10. The third-order valence-corrected chi connectivity index (χ3v) is 4.33. The van der Waals surface area contributed by atoms with Crippen LogP contribution in [0.25, 0.3) is 11.3 Å². The number of hydrogen-bond acceptors (Lipinski definition) is 2. The molecule has 0 radical (unpaired) electrons. The van der Waals surface area contributed by atoms with E-state index < -0.39 is 0 Å². The van der Waals surface area contributed by atoms with Crippen LogP contribution in [-0.4, -0.2) is 34.1 Å². The molecular formula is C18H24BrN3O. The number of carbonyl (C=O) groups excluding carboxylic acids is 1. The zero-order valence-corrected chi connectivity index (χ0v) is 15.4. The Kier molecular flexibility index (Phi) is 6.84. The third kappa shape index (κ3) is 4.93. The van der Waals surface area contributed by atoms with E-state index >= 15 is 0 Å². The van der Waals surface area contributed by atoms with Crippen LogP contribution in [0.3, 0.4) is 0 Å². The maximum atomic E-state index is 12.7. The Balaban J connectivity index is 2.12. The number of aromatic nitrogens is 2. The Labute approximate surface area is 146 Å². The van der Waals surface area contributed by atoms with Gasteiger partial charge in [0.25, 0.3) is 5.91 Å². The molecule has 0 aliphatic heterocycles. The minimum Gasteiger partial charge on any atom is -0.337 e. The monoisotopic (exact) mass is 377 g/mol. The van der Waals surface area contributed by atoms with Gasteiger partial charge in [0.2, 0.25) is 0 Å². The van der Waals surface area contributed by atoms with Crippen LogP contribution in [0.2, 0.25) is 0 Å². The van der Waals surface area contributed by atoms with Crippen LogP contribution in [-0.2, 0) is 0 Å². The van der Waals surface area contributed by atoms with Crippen molar-refractivity contribution in [3.63, 3.8) is 0 Å². The Morgan fingerprint density at radius 3 is 2.30 bits per heavy atom. The van der Waals surface area contributed by atoms with Crippen molar-refractivity contribution in [1.82, 2.24) is 15.1 Å². The lowest BCUT2D eigenvalue weighted by Crippen LogP contribution is -2.33. The van der Waals surface area contributed by atoms with Crippen LogP contribution in [0.15, 0.2) is 34.8 Å². The molecule has 0 aliphatic rings. The van der Waals surface area contributed by atoms with Gasteiger partial charge in [-0.3, -0.25) is 9.89 Å². The fraction of sp³-hybridized carbons (Fsp3) is 0.444. The molecule has 0 atom stereocenters. The molecule has 2 rings (SSSR count). The summed E-state index contributed by atoms with van der Waals surface area (Å²) in [6.07, 6.45) is 4.23. The van der Waals surface area contributed by atoms with E-state index in [9.17, 15) is 4.79 Å². The second-order valence-electron chi connectivity index (χ2n) is 5.67. The van der Waals surface area contributed by atoms with E-state index in [0.29, 0.717) is 5.69 Å². The molecule has 0 unspecified atom stereocenters. The standard InChI is InChI=1S/C18H24BrN3O/c1-3-5-11-22(12-6-4-2)18(23)17-13-16(20-21-17)14-7-9-15(19)10-8-14/h7-10,13H,3-6,11-12H2,1-2H3,(H,20,21). The van der Waals surface area contributed by atoms with Gasteiger partial charge in [-0.1, -0.05) is 54.8 Å². The van der Waals surface area contributed by atoms with Gasteiger partial charge in [-0.25, -0.2) is 0 Å². The molecule has 4 nitrogen and oxygen atoms in total. The normalized spacial score (nSPS) is 10.7. The molecule has 0 aliphatic carbocycles. The number of aromatic amines is 1. The Morgan fingerprint density at radius 2 is 1.74 bits per heavy atom. The van der Waals surface area contributed by atoms with Crippen molar-refractivity contribution in [1.29, 1.82) is 0 Å². The first-order chi connectivity index (χ1) is 11.2. The highest BCUT2D eigenvalue weighted by Crippen LogP contribution is 2.21. The Hall–Kier alpha value is -1.62. The predicted molar refractivity (Wildman–Crippen MR) is 97.4 cm³/mol. The zero-order valence-electron chi connectivity index (χ0n) is 13.8. The molecule has 0 fully saturated rings. The summed E-state index contributed by atoms with van der Waals surface area (Å²) >= 11 is 3.42. The average Bonchev–Trinajstić information content (AvgIpc) is 3.05. The van der Waals surface area contributed by atoms with E-state index in [-0.39, 0.29) is 5.91 Å². The number of benzene rings is 1. The van der Waals surface area contributed by atoms with Crippen molar-refractivity contribution in [2.24, 2.45) is 0 Å². The Morgan fingerprint density at radius 1 is 1.13 bits per heavy atom. The van der Waals surface area contributed by atoms with Crippen LogP contribution >= 0.6 is 15.9 Å². The van der Waals surface area contributed by atoms with Gasteiger partial charge in [0, 0.05) is 23.1 Å². The predicted octanol–water partition coefficient (Wildman–Crippen LogP) is 4.88. The van der Waals surface area contributed by atoms with Crippen molar-refractivity contribution in [3.05, 3.63) is 40.5 Å². The summed E-state index contributed by atoms with van der Waals surface area (Å²) in [4.78, 5) is 14.6. The molecule has 0 saturated carbocycles. The largest absolute Gasteiger partial charge is 0.337 e. The van der Waals surface area contributed by atoms with E-state index in [4.69, 9.17) is 0 Å². The number of nitrogens with one attached hydrogen (secondary N) is 1. The lowest BCUT2D eigenvalue weighted by Gasteiger charge is -2.21. The van der Waals surface area contributed by atoms with E-state index in [1.165, 1.54) is 0 Å². The first-order valence-electron chi connectivity index (χ1n) is 8.26. The highest BCUT2D eigenvalue weighted by atomic mass is 79.9. The van der Waals surface area contributed by atoms with Crippen LogP contribution in [0.5, 0.6) is 0 Å². The maximum Gasteiger partial charge on any atom is 0.271 e. The zero-order chi connectivity index (χ0) is 16.7. The maximum absolute atomic E-state index is 12.7. The molecule has 0 bridgehead atoms. The highest BCUT2D eigenvalue weighted by Gasteiger charge is 2.17. The first kappa shape index (κ1) is 17.7. The second-order valence-corrected chi connectivity index (χ2v) is 6.59. The summed E-state index contributed by atoms with van der Waals surface area (Å²) < 4.78 is 1.03. The van der Waals surface area contributed by atoms with Gasteiger partial charge in [-0.05, 0) is 31.0 Å². The Bertz CT molecular complexity index is 613. The molecule has 124 valence electrons.